The van der Waals surface area contributed by atoms with Crippen molar-refractivity contribution in [2.24, 2.45) is 5.73 Å². The molecule has 0 aromatic heterocycles. The van der Waals surface area contributed by atoms with E-state index in [1.54, 1.807) is 0 Å². The average Bonchev–Trinajstić information content (AvgIpc) is 2.29. The van der Waals surface area contributed by atoms with Gasteiger partial charge in [-0.2, -0.15) is 0 Å². The number of halogens is 4. The fourth-order valence-corrected chi connectivity index (χ4v) is 1.36. The molecule has 0 aliphatic rings. The molecule has 1 atom stereocenters. The van der Waals surface area contributed by atoms with Crippen LogP contribution in [0.5, 0.6) is 5.75 Å². The number of esters is 1. The number of carbonyl (C=O) groups excluding carboxylic acids is 1. The highest BCUT2D eigenvalue weighted by Gasteiger charge is 2.31. The van der Waals surface area contributed by atoms with E-state index in [-0.39, 0.29) is 12.0 Å². The Morgan fingerprint density at radius 2 is 2.05 bits per heavy atom. The number of hydrogen-bond acceptors (Lipinski definition) is 4. The summed E-state index contributed by atoms with van der Waals surface area (Å²) in [4.78, 5) is 11.0. The van der Waals surface area contributed by atoms with Gasteiger partial charge >= 0.3 is 12.3 Å². The van der Waals surface area contributed by atoms with Crippen LogP contribution in [-0.4, -0.2) is 25.5 Å². The second-order valence-corrected chi connectivity index (χ2v) is 3.63. The number of hydrogen-bond donors (Lipinski definition) is 1. The molecule has 19 heavy (non-hydrogen) atoms. The van der Waals surface area contributed by atoms with Gasteiger partial charge in [0.25, 0.3) is 0 Å². The maximum Gasteiger partial charge on any atom is 0.573 e. The Morgan fingerprint density at radius 3 is 2.53 bits per heavy atom. The SMILES string of the molecule is COC(=O)[C@H](N)Cc1ccc(OC(F)(F)F)cc1F. The van der Waals surface area contributed by atoms with Gasteiger partial charge in [0.15, 0.2) is 0 Å². The summed E-state index contributed by atoms with van der Waals surface area (Å²) in [5.41, 5.74) is 5.41. The van der Waals surface area contributed by atoms with Crippen LogP contribution >= 0.6 is 0 Å². The smallest absolute Gasteiger partial charge is 0.468 e. The van der Waals surface area contributed by atoms with Crippen LogP contribution in [0.1, 0.15) is 5.56 Å². The number of ether oxygens (including phenoxy) is 2. The van der Waals surface area contributed by atoms with Crippen LogP contribution in [0.4, 0.5) is 17.6 Å². The van der Waals surface area contributed by atoms with Crippen molar-refractivity contribution in [3.63, 3.8) is 0 Å². The minimum absolute atomic E-state index is 0.00701. The van der Waals surface area contributed by atoms with Crippen molar-refractivity contribution in [2.45, 2.75) is 18.8 Å². The molecule has 0 heterocycles. The molecule has 1 rings (SSSR count). The van der Waals surface area contributed by atoms with Gasteiger partial charge in [0.05, 0.1) is 7.11 Å². The summed E-state index contributed by atoms with van der Waals surface area (Å²) in [5.74, 6) is -2.36. The maximum absolute atomic E-state index is 13.5. The van der Waals surface area contributed by atoms with Crippen LogP contribution in [0.25, 0.3) is 0 Å². The molecule has 1 aromatic carbocycles. The Kier molecular flexibility index (Phi) is 4.71. The van der Waals surface area contributed by atoms with Crippen molar-refractivity contribution in [3.05, 3.63) is 29.6 Å². The Bertz CT molecular complexity index is 462. The molecule has 0 unspecified atom stereocenters. The molecule has 106 valence electrons. The van der Waals surface area contributed by atoms with Crippen LogP contribution in [0.15, 0.2) is 18.2 Å². The molecule has 4 nitrogen and oxygen atoms in total. The van der Waals surface area contributed by atoms with Crippen molar-refractivity contribution in [1.82, 2.24) is 0 Å². The summed E-state index contributed by atoms with van der Waals surface area (Å²) in [6.45, 7) is 0. The van der Waals surface area contributed by atoms with Gasteiger partial charge in [0, 0.05) is 12.5 Å². The van der Waals surface area contributed by atoms with E-state index >= 15 is 0 Å². The molecule has 1 aromatic rings. The van der Waals surface area contributed by atoms with E-state index in [0.717, 1.165) is 19.2 Å². The molecule has 0 saturated carbocycles. The van der Waals surface area contributed by atoms with Crippen LogP contribution in [0.3, 0.4) is 0 Å². The summed E-state index contributed by atoms with van der Waals surface area (Å²) in [6.07, 6.45) is -5.08. The van der Waals surface area contributed by atoms with Crippen LogP contribution in [-0.2, 0) is 16.0 Å². The van der Waals surface area contributed by atoms with Crippen molar-refractivity contribution >= 4 is 5.97 Å². The third-order valence-corrected chi connectivity index (χ3v) is 2.20. The van der Waals surface area contributed by atoms with Gasteiger partial charge in [-0.1, -0.05) is 6.07 Å². The molecule has 0 aliphatic heterocycles. The van der Waals surface area contributed by atoms with E-state index in [9.17, 15) is 22.4 Å². The van der Waals surface area contributed by atoms with E-state index in [0.29, 0.717) is 6.07 Å². The van der Waals surface area contributed by atoms with Gasteiger partial charge in [-0.25, -0.2) is 4.39 Å². The van der Waals surface area contributed by atoms with Crippen LogP contribution < -0.4 is 10.5 Å². The van der Waals surface area contributed by atoms with Crippen molar-refractivity contribution < 1.29 is 31.8 Å². The highest BCUT2D eigenvalue weighted by atomic mass is 19.4. The van der Waals surface area contributed by atoms with E-state index < -0.39 is 29.9 Å². The predicted molar refractivity (Wildman–Crippen MR) is 56.8 cm³/mol. The molecule has 0 bridgehead atoms. The van der Waals surface area contributed by atoms with Gasteiger partial charge in [-0.15, -0.1) is 13.2 Å². The van der Waals surface area contributed by atoms with Crippen molar-refractivity contribution in [1.29, 1.82) is 0 Å². The van der Waals surface area contributed by atoms with Crippen molar-refractivity contribution in [3.8, 4) is 5.75 Å². The number of rotatable bonds is 4. The van der Waals surface area contributed by atoms with Gasteiger partial charge in [0.1, 0.15) is 17.6 Å². The fraction of sp³-hybridized carbons (Fsp3) is 0.364. The Hall–Kier alpha value is -1.83. The van der Waals surface area contributed by atoms with Gasteiger partial charge in [-0.05, 0) is 11.6 Å². The molecule has 2 N–H and O–H groups in total. The largest absolute Gasteiger partial charge is 0.573 e. The first-order valence-electron chi connectivity index (χ1n) is 5.10. The topological polar surface area (TPSA) is 61.5 Å². The second kappa shape index (κ2) is 5.87. The zero-order valence-corrected chi connectivity index (χ0v) is 9.83. The molecule has 0 radical (unpaired) electrons. The van der Waals surface area contributed by atoms with E-state index in [1.165, 1.54) is 0 Å². The van der Waals surface area contributed by atoms with Gasteiger partial charge in [0.2, 0.25) is 0 Å². The molecule has 0 amide bonds. The molecular formula is C11H11F4NO3. The maximum atomic E-state index is 13.5. The normalized spacial score (nSPS) is 12.9. The minimum Gasteiger partial charge on any atom is -0.468 e. The molecule has 0 aliphatic carbocycles. The number of alkyl halides is 3. The first kappa shape index (κ1) is 15.2. The lowest BCUT2D eigenvalue weighted by Gasteiger charge is -2.12. The number of nitrogens with two attached hydrogens (primary N) is 1. The summed E-state index contributed by atoms with van der Waals surface area (Å²) in [6, 6.07) is 1.50. The fourth-order valence-electron chi connectivity index (χ4n) is 1.36. The second-order valence-electron chi connectivity index (χ2n) is 3.63. The van der Waals surface area contributed by atoms with Crippen LogP contribution in [0.2, 0.25) is 0 Å². The molecule has 0 spiro atoms. The van der Waals surface area contributed by atoms with E-state index in [1.807, 2.05) is 0 Å². The molecular weight excluding hydrogens is 270 g/mol. The zero-order chi connectivity index (χ0) is 14.6. The molecule has 0 saturated heterocycles. The Balaban J connectivity index is 2.80. The molecule has 0 fully saturated rings. The number of benzene rings is 1. The van der Waals surface area contributed by atoms with Crippen LogP contribution in [0, 0.1) is 5.82 Å². The Morgan fingerprint density at radius 1 is 1.42 bits per heavy atom. The summed E-state index contributed by atoms with van der Waals surface area (Å²) < 4.78 is 57.1. The van der Waals surface area contributed by atoms with Gasteiger partial charge in [-0.3, -0.25) is 4.79 Å². The van der Waals surface area contributed by atoms with Gasteiger partial charge < -0.3 is 15.2 Å². The summed E-state index contributed by atoms with van der Waals surface area (Å²) >= 11 is 0. The first-order valence-corrected chi connectivity index (χ1v) is 5.10. The highest BCUT2D eigenvalue weighted by Crippen LogP contribution is 2.24. The molecule has 8 heteroatoms. The highest BCUT2D eigenvalue weighted by molar-refractivity contribution is 5.75. The third kappa shape index (κ3) is 4.74. The minimum atomic E-state index is -4.89. The third-order valence-electron chi connectivity index (χ3n) is 2.20. The summed E-state index contributed by atoms with van der Waals surface area (Å²) in [7, 11) is 1.12. The quantitative estimate of drug-likeness (QED) is 0.675. The lowest BCUT2D eigenvalue weighted by molar-refractivity contribution is -0.274. The van der Waals surface area contributed by atoms with E-state index in [4.69, 9.17) is 5.73 Å². The Labute approximate surface area is 106 Å². The number of carbonyl (C=O) groups is 1. The first-order chi connectivity index (χ1) is 8.73. The predicted octanol–water partition coefficient (Wildman–Crippen LogP) is 1.77. The lowest BCUT2D eigenvalue weighted by Crippen LogP contribution is -2.33. The van der Waals surface area contributed by atoms with E-state index in [2.05, 4.69) is 9.47 Å². The monoisotopic (exact) mass is 281 g/mol. The standard InChI is InChI=1S/C11H11F4NO3/c1-18-10(17)9(16)4-6-2-3-7(5-8(6)12)19-11(13,14)15/h2-3,5,9H,4,16H2,1H3/t9-/m1/s1. The average molecular weight is 281 g/mol. The van der Waals surface area contributed by atoms with Crippen molar-refractivity contribution in [2.75, 3.05) is 7.11 Å². The summed E-state index contributed by atoms with van der Waals surface area (Å²) in [5, 5.41) is 0. The zero-order valence-electron chi connectivity index (χ0n) is 9.83. The lowest BCUT2D eigenvalue weighted by atomic mass is 10.1. The number of methoxy groups -OCH3 is 1.